The average molecular weight is 1150 g/mol. The largest absolute Gasteiger partial charge is 0.206 e. The van der Waals surface area contributed by atoms with Crippen LogP contribution in [0.3, 0.4) is 0 Å². The molecule has 0 atom stereocenters. The van der Waals surface area contributed by atoms with Crippen molar-refractivity contribution in [3.05, 3.63) is 105 Å². The summed E-state index contributed by atoms with van der Waals surface area (Å²) in [4.78, 5) is 13.9. The zero-order chi connectivity index (χ0) is 51.5. The molecule has 0 spiro atoms. The van der Waals surface area contributed by atoms with Crippen LogP contribution in [0.15, 0.2) is 72.8 Å². The van der Waals surface area contributed by atoms with Crippen molar-refractivity contribution >= 4 is 114 Å². The zero-order valence-corrected chi connectivity index (χ0v) is 49.9. The van der Waals surface area contributed by atoms with Gasteiger partial charge >= 0.3 is 0 Å². The van der Waals surface area contributed by atoms with Crippen LogP contribution in [-0.2, 0) is 18.3 Å². The Labute approximate surface area is 473 Å². The average Bonchev–Trinajstić information content (AvgIpc) is 4.33. The molecule has 1 aliphatic carbocycles. The number of rotatable bonds is 26. The Kier molecular flexibility index (Phi) is 17.0. The molecular weight excluding hydrogens is 1080 g/mol. The van der Waals surface area contributed by atoms with Crippen LogP contribution in [0, 0.1) is 11.6 Å². The number of hydrogen-bond acceptors (Lipinski definition) is 12. The van der Waals surface area contributed by atoms with E-state index >= 15 is 8.78 Å². The van der Waals surface area contributed by atoms with Crippen LogP contribution in [-0.4, -0.2) is 17.5 Å². The maximum absolute atomic E-state index is 17.0. The summed E-state index contributed by atoms with van der Waals surface area (Å²) in [6.07, 6.45) is 23.6. The number of unbranched alkanes of at least 4 members (excludes halogenated alkanes) is 12. The first-order valence-corrected chi connectivity index (χ1v) is 33.8. The van der Waals surface area contributed by atoms with E-state index in [4.69, 9.17) is 17.5 Å². The second-order valence-electron chi connectivity index (χ2n) is 20.4. The van der Waals surface area contributed by atoms with E-state index in [-0.39, 0.29) is 17.0 Å². The minimum atomic E-state index is -0.265. The van der Waals surface area contributed by atoms with Crippen LogP contribution in [0.5, 0.6) is 0 Å². The van der Waals surface area contributed by atoms with Crippen molar-refractivity contribution < 1.29 is 8.78 Å². The quantitative estimate of drug-likeness (QED) is 0.0507. The SMILES string of the molecule is CCCCCCc1ccc(-c2ccc(-c3c(F)cc(-c4cc5c(s4)-c4sc(-c6cc(F)c(-c7ccc(-c8ccc(CCCCCC)s8)s7)c7nsnc67)cc4C5(CCCCCC)CCCCCC)c4nsnc34)s2)s1. The van der Waals surface area contributed by atoms with E-state index in [0.717, 1.165) is 113 Å². The molecule has 2 aromatic carbocycles. The number of hydrogen-bond donors (Lipinski definition) is 0. The van der Waals surface area contributed by atoms with E-state index < -0.39 is 0 Å². The summed E-state index contributed by atoms with van der Waals surface area (Å²) in [6, 6.07) is 25.6. The van der Waals surface area contributed by atoms with E-state index in [0.29, 0.717) is 22.2 Å². The van der Waals surface area contributed by atoms with Gasteiger partial charge in [0, 0.05) is 75.1 Å². The van der Waals surface area contributed by atoms with Gasteiger partial charge in [-0.1, -0.05) is 118 Å². The monoisotopic (exact) mass is 1150 g/mol. The molecule has 0 radical (unpaired) electrons. The van der Waals surface area contributed by atoms with Crippen LogP contribution in [0.4, 0.5) is 8.78 Å². The van der Waals surface area contributed by atoms with Gasteiger partial charge in [0.25, 0.3) is 0 Å². The van der Waals surface area contributed by atoms with Gasteiger partial charge in [0.15, 0.2) is 0 Å². The molecule has 8 heterocycles. The number of benzene rings is 2. The molecule has 390 valence electrons. The predicted molar refractivity (Wildman–Crippen MR) is 328 cm³/mol. The first-order chi connectivity index (χ1) is 36.8. The lowest BCUT2D eigenvalue weighted by molar-refractivity contribution is 0.402. The minimum absolute atomic E-state index is 0.222. The molecule has 14 heteroatoms. The molecule has 4 nitrogen and oxygen atoms in total. The number of aryl methyl sites for hydroxylation is 2. The van der Waals surface area contributed by atoms with Crippen molar-refractivity contribution in [2.45, 2.75) is 162 Å². The fraction of sp³-hybridized carbons (Fsp3) is 0.410. The molecule has 1 aliphatic rings. The van der Waals surface area contributed by atoms with Gasteiger partial charge in [-0.15, -0.1) is 68.0 Å². The van der Waals surface area contributed by atoms with Gasteiger partial charge in [-0.2, -0.15) is 17.5 Å². The molecule has 0 aliphatic heterocycles. The molecule has 0 saturated heterocycles. The van der Waals surface area contributed by atoms with Gasteiger partial charge in [0.05, 0.1) is 34.6 Å². The molecule has 0 unspecified atom stereocenters. The van der Waals surface area contributed by atoms with Gasteiger partial charge in [0.2, 0.25) is 0 Å². The van der Waals surface area contributed by atoms with Gasteiger partial charge in [-0.05, 0) is 122 Å². The Morgan fingerprint density at radius 3 is 1.17 bits per heavy atom. The Balaban J connectivity index is 0.952. The van der Waals surface area contributed by atoms with E-state index in [1.807, 2.05) is 22.7 Å². The first kappa shape index (κ1) is 53.2. The van der Waals surface area contributed by atoms with Crippen molar-refractivity contribution in [1.29, 1.82) is 0 Å². The van der Waals surface area contributed by atoms with E-state index in [1.165, 1.54) is 130 Å². The maximum Gasteiger partial charge on any atom is 0.134 e. The smallest absolute Gasteiger partial charge is 0.134 e. The van der Waals surface area contributed by atoms with Gasteiger partial charge in [-0.25, -0.2) is 8.78 Å². The maximum atomic E-state index is 17.0. The second kappa shape index (κ2) is 24.0. The molecule has 0 N–H and O–H groups in total. The summed E-state index contributed by atoms with van der Waals surface area (Å²) in [6.45, 7) is 9.06. The molecule has 8 aromatic heterocycles. The number of aromatic nitrogens is 4. The summed E-state index contributed by atoms with van der Waals surface area (Å²) in [5.74, 6) is -0.531. The zero-order valence-electron chi connectivity index (χ0n) is 43.4. The predicted octanol–water partition coefficient (Wildman–Crippen LogP) is 22.8. The highest BCUT2D eigenvalue weighted by atomic mass is 32.1. The lowest BCUT2D eigenvalue weighted by Crippen LogP contribution is -2.25. The van der Waals surface area contributed by atoms with E-state index in [2.05, 4.69) is 88.4 Å². The lowest BCUT2D eigenvalue weighted by Gasteiger charge is -2.31. The Hall–Kier alpha value is -3.86. The van der Waals surface area contributed by atoms with Crippen molar-refractivity contribution in [1.82, 2.24) is 17.5 Å². The Morgan fingerprint density at radius 1 is 0.373 bits per heavy atom. The minimum Gasteiger partial charge on any atom is -0.206 e. The summed E-state index contributed by atoms with van der Waals surface area (Å²) in [5.41, 5.74) is 7.94. The fourth-order valence-corrected chi connectivity index (χ4v) is 19.5. The van der Waals surface area contributed by atoms with Crippen LogP contribution >= 0.6 is 91.5 Å². The third-order valence-corrected chi connectivity index (χ3v) is 23.6. The molecule has 75 heavy (non-hydrogen) atoms. The van der Waals surface area contributed by atoms with Crippen molar-refractivity contribution in [3.63, 3.8) is 0 Å². The van der Waals surface area contributed by atoms with Crippen LogP contribution in [0.2, 0.25) is 0 Å². The van der Waals surface area contributed by atoms with Crippen LogP contribution < -0.4 is 0 Å². The lowest BCUT2D eigenvalue weighted by atomic mass is 9.71. The second-order valence-corrected chi connectivity index (χ2v) is 28.0. The molecular formula is C61H64F2N4S8. The highest BCUT2D eigenvalue weighted by molar-refractivity contribution is 7.26. The van der Waals surface area contributed by atoms with E-state index in [1.54, 1.807) is 57.5 Å². The number of thiophene rings is 6. The first-order valence-electron chi connectivity index (χ1n) is 27.4. The summed E-state index contributed by atoms with van der Waals surface area (Å²) >= 11 is 12.8. The fourth-order valence-electron chi connectivity index (χ4n) is 11.2. The van der Waals surface area contributed by atoms with Crippen LogP contribution in [0.25, 0.3) is 93.1 Å². The number of nitrogens with zero attached hydrogens (tertiary/aromatic N) is 4. The molecule has 0 fully saturated rings. The van der Waals surface area contributed by atoms with Crippen molar-refractivity contribution in [2.75, 3.05) is 0 Å². The topological polar surface area (TPSA) is 51.6 Å². The molecule has 11 rings (SSSR count). The third-order valence-electron chi connectivity index (χ3n) is 15.2. The normalized spacial score (nSPS) is 13.0. The summed E-state index contributed by atoms with van der Waals surface area (Å²) in [7, 11) is 0. The van der Waals surface area contributed by atoms with Crippen molar-refractivity contribution in [2.24, 2.45) is 0 Å². The van der Waals surface area contributed by atoms with Gasteiger partial charge < -0.3 is 0 Å². The summed E-state index contributed by atoms with van der Waals surface area (Å²) in [5, 5.41) is 0. The number of fused-ring (bicyclic) bond motifs is 5. The summed E-state index contributed by atoms with van der Waals surface area (Å²) < 4.78 is 53.5. The Bertz CT molecular complexity index is 3310. The van der Waals surface area contributed by atoms with Gasteiger partial charge in [0.1, 0.15) is 33.7 Å². The standard InChI is InChI=1S/C61H64F2N4S8/c1-5-9-13-17-21-37-23-25-45(68-37)47-27-29-49(70-47)53-43(62)33-39(55-57(53)66-74-64-55)51-35-41-59(72-51)60-42(61(41,31-19-15-11-7-3)32-20-16-12-8-4)36-52(73-60)40-34-44(63)54(58-56(40)65-75-67-58)50-30-28-48(71-50)46-26-24-38(69-46)22-18-14-10-6-2/h23-30,33-36H,5-22,31-32H2,1-4H3. The van der Waals surface area contributed by atoms with Gasteiger partial charge in [-0.3, -0.25) is 0 Å². The number of halogens is 2. The molecule has 0 saturated carbocycles. The van der Waals surface area contributed by atoms with E-state index in [9.17, 15) is 0 Å². The van der Waals surface area contributed by atoms with Crippen LogP contribution in [0.1, 0.15) is 164 Å². The highest BCUT2D eigenvalue weighted by Gasteiger charge is 2.46. The molecule has 0 amide bonds. The Morgan fingerprint density at radius 2 is 0.747 bits per heavy atom. The highest BCUT2D eigenvalue weighted by Crippen LogP contribution is 2.62. The molecule has 0 bridgehead atoms. The molecule has 10 aromatic rings. The third kappa shape index (κ3) is 10.7. The van der Waals surface area contributed by atoms with Crippen molar-refractivity contribution in [3.8, 4) is 71.0 Å².